The number of aromatic nitrogens is 2. The highest BCUT2D eigenvalue weighted by Crippen LogP contribution is 2.16. The fraction of sp³-hybridized carbons (Fsp3) is 0.200. The van der Waals surface area contributed by atoms with Crippen molar-refractivity contribution in [1.29, 1.82) is 0 Å². The van der Waals surface area contributed by atoms with E-state index >= 15 is 0 Å². The smallest absolute Gasteiger partial charge is 0.251 e. The SMILES string of the molecule is Cc1ccc2nc(COc3ccc(C(=O)NCc4ccc(N(C)C)cc4)cc3)cn2c1. The summed E-state index contributed by atoms with van der Waals surface area (Å²) in [4.78, 5) is 19.0. The Kier molecular flexibility index (Phi) is 5.89. The highest BCUT2D eigenvalue weighted by Gasteiger charge is 2.07. The molecule has 1 amide bonds. The molecule has 0 saturated heterocycles. The van der Waals surface area contributed by atoms with Gasteiger partial charge in [0, 0.05) is 44.3 Å². The summed E-state index contributed by atoms with van der Waals surface area (Å²) in [6.45, 7) is 2.90. The number of rotatable bonds is 7. The van der Waals surface area contributed by atoms with Gasteiger partial charge in [0.15, 0.2) is 0 Å². The third-order valence-electron chi connectivity index (χ3n) is 5.06. The maximum absolute atomic E-state index is 12.4. The van der Waals surface area contributed by atoms with Gasteiger partial charge in [-0.05, 0) is 60.5 Å². The lowest BCUT2D eigenvalue weighted by molar-refractivity contribution is 0.0951. The van der Waals surface area contributed by atoms with E-state index in [0.717, 1.165) is 22.6 Å². The Morgan fingerprint density at radius 2 is 1.74 bits per heavy atom. The minimum atomic E-state index is -0.112. The molecule has 0 atom stereocenters. The van der Waals surface area contributed by atoms with E-state index in [9.17, 15) is 4.79 Å². The van der Waals surface area contributed by atoms with Crippen LogP contribution in [0, 0.1) is 6.92 Å². The number of benzene rings is 2. The van der Waals surface area contributed by atoms with Crippen molar-refractivity contribution < 1.29 is 9.53 Å². The minimum absolute atomic E-state index is 0.112. The first-order valence-corrected chi connectivity index (χ1v) is 10.2. The molecule has 4 rings (SSSR count). The quantitative estimate of drug-likeness (QED) is 0.492. The number of ether oxygens (including phenoxy) is 1. The van der Waals surface area contributed by atoms with Crippen LogP contribution in [-0.2, 0) is 13.2 Å². The lowest BCUT2D eigenvalue weighted by atomic mass is 10.1. The number of nitrogens with zero attached hydrogens (tertiary/aromatic N) is 3. The van der Waals surface area contributed by atoms with Gasteiger partial charge in [-0.1, -0.05) is 18.2 Å². The predicted octanol–water partition coefficient (Wildman–Crippen LogP) is 4.22. The Bertz CT molecular complexity index is 1180. The third-order valence-corrected chi connectivity index (χ3v) is 5.06. The molecule has 1 N–H and O–H groups in total. The van der Waals surface area contributed by atoms with Crippen molar-refractivity contribution in [2.24, 2.45) is 0 Å². The second kappa shape index (κ2) is 8.92. The molecule has 4 aromatic rings. The zero-order valence-electron chi connectivity index (χ0n) is 18.0. The molecule has 0 spiro atoms. The summed E-state index contributed by atoms with van der Waals surface area (Å²) in [7, 11) is 4.00. The van der Waals surface area contributed by atoms with Crippen molar-refractivity contribution in [3.63, 3.8) is 0 Å². The number of amides is 1. The van der Waals surface area contributed by atoms with E-state index in [1.165, 1.54) is 5.56 Å². The van der Waals surface area contributed by atoms with Crippen molar-refractivity contribution in [2.45, 2.75) is 20.1 Å². The number of nitrogens with one attached hydrogen (secondary N) is 1. The number of carbonyl (C=O) groups excluding carboxylic acids is 1. The van der Waals surface area contributed by atoms with E-state index in [1.807, 2.05) is 79.1 Å². The molecule has 0 saturated carbocycles. The predicted molar refractivity (Wildman–Crippen MR) is 123 cm³/mol. The van der Waals surface area contributed by atoms with Gasteiger partial charge >= 0.3 is 0 Å². The molecule has 0 bridgehead atoms. The summed E-state index contributed by atoms with van der Waals surface area (Å²) in [5.74, 6) is 0.586. The zero-order chi connectivity index (χ0) is 21.8. The van der Waals surface area contributed by atoms with Crippen molar-refractivity contribution in [3.05, 3.63) is 95.4 Å². The summed E-state index contributed by atoms with van der Waals surface area (Å²) < 4.78 is 7.83. The Labute approximate surface area is 182 Å². The molecule has 158 valence electrons. The number of hydrogen-bond donors (Lipinski definition) is 1. The largest absolute Gasteiger partial charge is 0.487 e. The summed E-state index contributed by atoms with van der Waals surface area (Å²) in [5.41, 5.74) is 5.71. The lowest BCUT2D eigenvalue weighted by Gasteiger charge is -2.13. The van der Waals surface area contributed by atoms with Crippen molar-refractivity contribution >= 4 is 17.2 Å². The van der Waals surface area contributed by atoms with E-state index in [4.69, 9.17) is 4.74 Å². The molecule has 31 heavy (non-hydrogen) atoms. The number of fused-ring (bicyclic) bond motifs is 1. The highest BCUT2D eigenvalue weighted by atomic mass is 16.5. The van der Waals surface area contributed by atoms with E-state index in [2.05, 4.69) is 10.3 Å². The van der Waals surface area contributed by atoms with Gasteiger partial charge in [0.25, 0.3) is 5.91 Å². The van der Waals surface area contributed by atoms with Crippen LogP contribution in [-0.4, -0.2) is 29.4 Å². The number of carbonyl (C=O) groups is 1. The van der Waals surface area contributed by atoms with Gasteiger partial charge < -0.3 is 19.4 Å². The van der Waals surface area contributed by atoms with Gasteiger partial charge in [0.1, 0.15) is 18.0 Å². The fourth-order valence-corrected chi connectivity index (χ4v) is 3.28. The number of imidazole rings is 1. The van der Waals surface area contributed by atoms with Gasteiger partial charge in [0.2, 0.25) is 0 Å². The van der Waals surface area contributed by atoms with E-state index in [-0.39, 0.29) is 5.91 Å². The first-order valence-electron chi connectivity index (χ1n) is 10.2. The van der Waals surface area contributed by atoms with Crippen LogP contribution < -0.4 is 15.0 Å². The average Bonchev–Trinajstić information content (AvgIpc) is 3.18. The Morgan fingerprint density at radius 3 is 2.45 bits per heavy atom. The van der Waals surface area contributed by atoms with Crippen LogP contribution >= 0.6 is 0 Å². The third kappa shape index (κ3) is 5.04. The van der Waals surface area contributed by atoms with Crippen LogP contribution in [0.25, 0.3) is 5.65 Å². The molecule has 0 fully saturated rings. The van der Waals surface area contributed by atoms with Gasteiger partial charge in [-0.2, -0.15) is 0 Å². The minimum Gasteiger partial charge on any atom is -0.487 e. The molecule has 0 aliphatic carbocycles. The summed E-state index contributed by atoms with van der Waals surface area (Å²) >= 11 is 0. The fourth-order valence-electron chi connectivity index (χ4n) is 3.28. The van der Waals surface area contributed by atoms with Crippen molar-refractivity contribution in [2.75, 3.05) is 19.0 Å². The van der Waals surface area contributed by atoms with Crippen LogP contribution in [0.3, 0.4) is 0 Å². The number of hydrogen-bond acceptors (Lipinski definition) is 4. The molecular formula is C25H26N4O2. The number of anilines is 1. The maximum Gasteiger partial charge on any atom is 0.251 e. The van der Waals surface area contributed by atoms with E-state index in [0.29, 0.717) is 24.5 Å². The maximum atomic E-state index is 12.4. The van der Waals surface area contributed by atoms with Gasteiger partial charge in [-0.25, -0.2) is 4.98 Å². The van der Waals surface area contributed by atoms with Gasteiger partial charge in [-0.3, -0.25) is 4.79 Å². The Balaban J connectivity index is 1.31. The Morgan fingerprint density at radius 1 is 1.00 bits per heavy atom. The molecule has 6 nitrogen and oxygen atoms in total. The molecule has 0 radical (unpaired) electrons. The van der Waals surface area contributed by atoms with Crippen LogP contribution in [0.4, 0.5) is 5.69 Å². The second-order valence-electron chi connectivity index (χ2n) is 7.76. The molecule has 0 unspecified atom stereocenters. The zero-order valence-corrected chi connectivity index (χ0v) is 18.0. The normalized spacial score (nSPS) is 10.8. The average molecular weight is 415 g/mol. The summed E-state index contributed by atoms with van der Waals surface area (Å²) in [6.07, 6.45) is 4.01. The Hall–Kier alpha value is -3.80. The molecule has 2 heterocycles. The van der Waals surface area contributed by atoms with Crippen LogP contribution in [0.1, 0.15) is 27.2 Å². The molecular weight excluding hydrogens is 388 g/mol. The molecule has 2 aromatic carbocycles. The molecule has 0 aliphatic heterocycles. The van der Waals surface area contributed by atoms with E-state index in [1.54, 1.807) is 24.3 Å². The van der Waals surface area contributed by atoms with Gasteiger partial charge in [0.05, 0.1) is 5.69 Å². The van der Waals surface area contributed by atoms with E-state index < -0.39 is 0 Å². The summed E-state index contributed by atoms with van der Waals surface area (Å²) in [6, 6.07) is 19.3. The van der Waals surface area contributed by atoms with Crippen LogP contribution in [0.5, 0.6) is 5.75 Å². The van der Waals surface area contributed by atoms with Crippen LogP contribution in [0.2, 0.25) is 0 Å². The van der Waals surface area contributed by atoms with Crippen LogP contribution in [0.15, 0.2) is 73.1 Å². The first kappa shape index (κ1) is 20.5. The lowest BCUT2D eigenvalue weighted by Crippen LogP contribution is -2.22. The topological polar surface area (TPSA) is 58.9 Å². The molecule has 2 aromatic heterocycles. The van der Waals surface area contributed by atoms with Crippen molar-refractivity contribution in [1.82, 2.24) is 14.7 Å². The monoisotopic (exact) mass is 414 g/mol. The number of aryl methyl sites for hydroxylation is 1. The summed E-state index contributed by atoms with van der Waals surface area (Å²) in [5, 5.41) is 2.95. The standard InChI is InChI=1S/C25H26N4O2/c1-18-4-13-24-27-21(16-29(24)15-18)17-31-23-11-7-20(8-12-23)25(30)26-14-19-5-9-22(10-6-19)28(2)3/h4-13,15-16H,14,17H2,1-3H3,(H,26,30). The first-order chi connectivity index (χ1) is 15.0. The second-order valence-corrected chi connectivity index (χ2v) is 7.76. The molecule has 6 heteroatoms. The van der Waals surface area contributed by atoms with Gasteiger partial charge in [-0.15, -0.1) is 0 Å². The van der Waals surface area contributed by atoms with Crippen molar-refractivity contribution in [3.8, 4) is 5.75 Å². The highest BCUT2D eigenvalue weighted by molar-refractivity contribution is 5.94. The molecule has 0 aliphatic rings. The number of pyridine rings is 1.